The van der Waals surface area contributed by atoms with Crippen molar-refractivity contribution in [2.24, 2.45) is 11.8 Å². The smallest absolute Gasteiger partial charge is 0.0635 e. The Hall–Kier alpha value is -1.18. The quantitative estimate of drug-likeness (QED) is 0.767. The maximum absolute atomic E-state index is 6.19. The van der Waals surface area contributed by atoms with E-state index < -0.39 is 0 Å². The predicted molar refractivity (Wildman–Crippen MR) is 77.9 cm³/mol. The molecule has 3 atom stereocenters. The molecule has 1 aromatic rings. The van der Waals surface area contributed by atoms with Gasteiger partial charge in [0, 0.05) is 12.6 Å². The van der Waals surface area contributed by atoms with E-state index in [1.807, 2.05) is 6.07 Å². The second-order valence-electron chi connectivity index (χ2n) is 6.22. The van der Waals surface area contributed by atoms with Crippen LogP contribution in [0, 0.1) is 11.8 Å². The fraction of sp³-hybridized carbons (Fsp3) is 0.625. The molecule has 2 nitrogen and oxygen atoms in total. The van der Waals surface area contributed by atoms with Gasteiger partial charge in [-0.2, -0.15) is 0 Å². The highest BCUT2D eigenvalue weighted by Crippen LogP contribution is 2.40. The third-order valence-corrected chi connectivity index (χ3v) is 5.07. The molecule has 1 fully saturated rings. The first kappa shape index (κ1) is 11.9. The largest absolute Gasteiger partial charge is 0.397 e. The third-order valence-electron chi connectivity index (χ3n) is 5.07. The van der Waals surface area contributed by atoms with E-state index in [1.54, 1.807) is 0 Å². The normalized spacial score (nSPS) is 31.4. The van der Waals surface area contributed by atoms with Crippen LogP contribution < -0.4 is 10.6 Å². The monoisotopic (exact) mass is 244 g/mol. The van der Waals surface area contributed by atoms with Crippen LogP contribution in [-0.4, -0.2) is 12.6 Å². The summed E-state index contributed by atoms with van der Waals surface area (Å²) in [5.41, 5.74) is 9.94. The number of nitrogen functional groups attached to an aromatic ring is 1. The summed E-state index contributed by atoms with van der Waals surface area (Å²) in [5.74, 6) is 1.73. The molecular weight excluding hydrogens is 220 g/mol. The van der Waals surface area contributed by atoms with Crippen LogP contribution in [-0.2, 0) is 6.42 Å². The number of rotatable bonds is 1. The zero-order valence-corrected chi connectivity index (χ0v) is 11.5. The second-order valence-corrected chi connectivity index (χ2v) is 6.22. The number of hydrogen-bond donors (Lipinski definition) is 1. The van der Waals surface area contributed by atoms with Gasteiger partial charge in [-0.05, 0) is 49.1 Å². The summed E-state index contributed by atoms with van der Waals surface area (Å²) in [6, 6.07) is 7.08. The molecule has 0 amide bonds. The molecule has 0 spiro atoms. The van der Waals surface area contributed by atoms with Gasteiger partial charge in [-0.15, -0.1) is 0 Å². The summed E-state index contributed by atoms with van der Waals surface area (Å²) in [6.07, 6.45) is 5.19. The van der Waals surface area contributed by atoms with Crippen LogP contribution in [0.3, 0.4) is 0 Å². The van der Waals surface area contributed by atoms with Crippen LogP contribution in [0.4, 0.5) is 11.4 Å². The van der Waals surface area contributed by atoms with Crippen LogP contribution in [0.15, 0.2) is 18.2 Å². The molecule has 2 aliphatic rings. The number of nitrogens with zero attached hydrogens (tertiary/aromatic N) is 1. The zero-order chi connectivity index (χ0) is 12.7. The molecule has 2 N–H and O–H groups in total. The number of nitrogens with two attached hydrogens (primary N) is 1. The Kier molecular flexibility index (Phi) is 2.96. The predicted octanol–water partition coefficient (Wildman–Crippen LogP) is 3.46. The van der Waals surface area contributed by atoms with Gasteiger partial charge in [-0.25, -0.2) is 0 Å². The zero-order valence-electron chi connectivity index (χ0n) is 11.5. The van der Waals surface area contributed by atoms with E-state index in [1.165, 1.54) is 36.9 Å². The molecule has 3 unspecified atom stereocenters. The standard InChI is InChI=1S/C16H24N2/c1-11-6-7-14(10-12(11)2)18-9-8-13-4-3-5-15(17)16(13)18/h3-5,11-12,14H,6-10,17H2,1-2H3. The molecule has 1 aliphatic carbocycles. The van der Waals surface area contributed by atoms with E-state index in [0.717, 1.165) is 24.1 Å². The SMILES string of the molecule is CC1CCC(N2CCc3cccc(N)c32)CC1C. The molecule has 2 heteroatoms. The van der Waals surface area contributed by atoms with Crippen LogP contribution in [0.5, 0.6) is 0 Å². The van der Waals surface area contributed by atoms with Crippen molar-refractivity contribution < 1.29 is 0 Å². The van der Waals surface area contributed by atoms with Crippen molar-refractivity contribution in [2.75, 3.05) is 17.2 Å². The lowest BCUT2D eigenvalue weighted by Crippen LogP contribution is -2.39. The third kappa shape index (κ3) is 1.88. The molecule has 0 aromatic heterocycles. The first-order chi connectivity index (χ1) is 8.66. The summed E-state index contributed by atoms with van der Waals surface area (Å²) in [7, 11) is 0. The number of hydrogen-bond acceptors (Lipinski definition) is 2. The van der Waals surface area contributed by atoms with E-state index in [9.17, 15) is 0 Å². The van der Waals surface area contributed by atoms with Crippen molar-refractivity contribution in [1.29, 1.82) is 0 Å². The van der Waals surface area contributed by atoms with Crippen LogP contribution >= 0.6 is 0 Å². The van der Waals surface area contributed by atoms with Crippen molar-refractivity contribution >= 4 is 11.4 Å². The maximum Gasteiger partial charge on any atom is 0.0635 e. The first-order valence-corrected chi connectivity index (χ1v) is 7.31. The number of para-hydroxylation sites is 1. The lowest BCUT2D eigenvalue weighted by molar-refractivity contribution is 0.245. The van der Waals surface area contributed by atoms with Crippen molar-refractivity contribution in [2.45, 2.75) is 45.6 Å². The van der Waals surface area contributed by atoms with E-state index in [2.05, 4.69) is 30.9 Å². The second kappa shape index (κ2) is 4.49. The lowest BCUT2D eigenvalue weighted by Gasteiger charge is -2.39. The fourth-order valence-corrected chi connectivity index (χ4v) is 3.68. The van der Waals surface area contributed by atoms with E-state index in [-0.39, 0.29) is 0 Å². The van der Waals surface area contributed by atoms with Crippen molar-refractivity contribution in [1.82, 2.24) is 0 Å². The van der Waals surface area contributed by atoms with Gasteiger partial charge in [0.1, 0.15) is 0 Å². The Labute approximate surface area is 110 Å². The van der Waals surface area contributed by atoms with Gasteiger partial charge < -0.3 is 10.6 Å². The van der Waals surface area contributed by atoms with E-state index >= 15 is 0 Å². The molecule has 18 heavy (non-hydrogen) atoms. The van der Waals surface area contributed by atoms with Crippen molar-refractivity contribution in [3.63, 3.8) is 0 Å². The Bertz CT molecular complexity index is 441. The minimum atomic E-state index is 0.710. The molecule has 98 valence electrons. The molecule has 0 saturated heterocycles. The summed E-state index contributed by atoms with van der Waals surface area (Å²) >= 11 is 0. The van der Waals surface area contributed by atoms with Crippen molar-refractivity contribution in [3.05, 3.63) is 23.8 Å². The van der Waals surface area contributed by atoms with Gasteiger partial charge in [0.15, 0.2) is 0 Å². The minimum Gasteiger partial charge on any atom is -0.397 e. The van der Waals surface area contributed by atoms with Crippen LogP contribution in [0.25, 0.3) is 0 Å². The molecule has 1 heterocycles. The van der Waals surface area contributed by atoms with Crippen LogP contribution in [0.2, 0.25) is 0 Å². The molecular formula is C16H24N2. The summed E-state index contributed by atoms with van der Waals surface area (Å²) < 4.78 is 0. The minimum absolute atomic E-state index is 0.710. The molecule has 1 aliphatic heterocycles. The number of fused-ring (bicyclic) bond motifs is 1. The average molecular weight is 244 g/mol. The highest BCUT2D eigenvalue weighted by molar-refractivity contribution is 5.74. The summed E-state index contributed by atoms with van der Waals surface area (Å²) in [5, 5.41) is 0. The lowest BCUT2D eigenvalue weighted by atomic mass is 9.78. The topological polar surface area (TPSA) is 29.3 Å². The first-order valence-electron chi connectivity index (χ1n) is 7.31. The van der Waals surface area contributed by atoms with Crippen LogP contribution in [0.1, 0.15) is 38.7 Å². The maximum atomic E-state index is 6.19. The highest BCUT2D eigenvalue weighted by atomic mass is 15.2. The van der Waals surface area contributed by atoms with Gasteiger partial charge in [0.2, 0.25) is 0 Å². The highest BCUT2D eigenvalue weighted by Gasteiger charge is 2.32. The average Bonchev–Trinajstić information content (AvgIpc) is 2.78. The van der Waals surface area contributed by atoms with Gasteiger partial charge in [-0.1, -0.05) is 26.0 Å². The number of benzene rings is 1. The molecule has 0 radical (unpaired) electrons. The number of anilines is 2. The fourth-order valence-electron chi connectivity index (χ4n) is 3.68. The Morgan fingerprint density at radius 2 is 2.00 bits per heavy atom. The molecule has 3 rings (SSSR count). The Morgan fingerprint density at radius 3 is 2.78 bits per heavy atom. The Balaban J connectivity index is 1.84. The van der Waals surface area contributed by atoms with Crippen molar-refractivity contribution in [3.8, 4) is 0 Å². The molecule has 0 bridgehead atoms. The van der Waals surface area contributed by atoms with E-state index in [0.29, 0.717) is 6.04 Å². The summed E-state index contributed by atoms with van der Waals surface area (Å²) in [6.45, 7) is 5.96. The van der Waals surface area contributed by atoms with Gasteiger partial charge in [0.05, 0.1) is 11.4 Å². The molecule has 1 aromatic carbocycles. The van der Waals surface area contributed by atoms with Gasteiger partial charge >= 0.3 is 0 Å². The molecule has 1 saturated carbocycles. The van der Waals surface area contributed by atoms with E-state index in [4.69, 9.17) is 5.73 Å². The van der Waals surface area contributed by atoms with Gasteiger partial charge in [-0.3, -0.25) is 0 Å². The Morgan fingerprint density at radius 1 is 1.17 bits per heavy atom. The van der Waals surface area contributed by atoms with Gasteiger partial charge in [0.25, 0.3) is 0 Å². The summed E-state index contributed by atoms with van der Waals surface area (Å²) in [4.78, 5) is 2.59.